The lowest BCUT2D eigenvalue weighted by molar-refractivity contribution is 0.0437. The number of aliphatic imine (C=N–C) groups is 1. The molecule has 1 heterocycles. The van der Waals surface area contributed by atoms with Crippen LogP contribution in [-0.2, 0) is 5.60 Å². The van der Waals surface area contributed by atoms with Crippen molar-refractivity contribution in [2.45, 2.75) is 52.1 Å². The molecule has 0 aliphatic heterocycles. The molecule has 1 rings (SSSR count). The first kappa shape index (κ1) is 21.2. The van der Waals surface area contributed by atoms with Crippen molar-refractivity contribution in [1.82, 2.24) is 10.6 Å². The van der Waals surface area contributed by atoms with Crippen LogP contribution in [0.15, 0.2) is 27.8 Å². The van der Waals surface area contributed by atoms with Crippen molar-refractivity contribution in [3.8, 4) is 0 Å². The average molecular weight is 423 g/mol. The van der Waals surface area contributed by atoms with Gasteiger partial charge in [0.1, 0.15) is 11.4 Å². The highest BCUT2D eigenvalue weighted by molar-refractivity contribution is 14.0. The Bertz CT molecular complexity index is 406. The minimum atomic E-state index is -1.09. The molecule has 0 aliphatic carbocycles. The number of hydrogen-bond acceptors (Lipinski definition) is 3. The van der Waals surface area contributed by atoms with E-state index in [1.807, 2.05) is 6.92 Å². The summed E-state index contributed by atoms with van der Waals surface area (Å²) in [5.74, 6) is 1.27. The summed E-state index contributed by atoms with van der Waals surface area (Å²) >= 11 is 0. The van der Waals surface area contributed by atoms with Gasteiger partial charge in [0.25, 0.3) is 0 Å². The zero-order chi connectivity index (χ0) is 15.6. The van der Waals surface area contributed by atoms with Gasteiger partial charge in [-0.05, 0) is 32.4 Å². The SMILES string of the molecule is CCCCCCNC(=NCC(C)(O)c1ccco1)NCC.I. The lowest BCUT2D eigenvalue weighted by Gasteiger charge is -2.19. The third-order valence-corrected chi connectivity index (χ3v) is 3.26. The molecule has 1 atom stereocenters. The van der Waals surface area contributed by atoms with Crippen molar-refractivity contribution in [2.75, 3.05) is 19.6 Å². The highest BCUT2D eigenvalue weighted by Gasteiger charge is 2.25. The molecule has 0 aliphatic rings. The van der Waals surface area contributed by atoms with Crippen LogP contribution in [0.2, 0.25) is 0 Å². The van der Waals surface area contributed by atoms with Crippen LogP contribution in [0.3, 0.4) is 0 Å². The molecule has 0 bridgehead atoms. The second-order valence-electron chi connectivity index (χ2n) is 5.43. The van der Waals surface area contributed by atoms with Crippen LogP contribution in [-0.4, -0.2) is 30.7 Å². The van der Waals surface area contributed by atoms with E-state index in [2.05, 4.69) is 22.5 Å². The highest BCUT2D eigenvalue weighted by Crippen LogP contribution is 2.20. The lowest BCUT2D eigenvalue weighted by atomic mass is 10.0. The van der Waals surface area contributed by atoms with E-state index in [4.69, 9.17) is 4.42 Å². The van der Waals surface area contributed by atoms with E-state index in [0.29, 0.717) is 5.76 Å². The lowest BCUT2D eigenvalue weighted by Crippen LogP contribution is -2.39. The second kappa shape index (κ2) is 11.8. The molecule has 1 aromatic heterocycles. The smallest absolute Gasteiger partial charge is 0.191 e. The van der Waals surface area contributed by atoms with Gasteiger partial charge in [0.2, 0.25) is 0 Å². The van der Waals surface area contributed by atoms with E-state index in [1.54, 1.807) is 25.3 Å². The predicted molar refractivity (Wildman–Crippen MR) is 102 cm³/mol. The Hall–Kier alpha value is -0.760. The molecule has 0 aromatic carbocycles. The van der Waals surface area contributed by atoms with E-state index in [9.17, 15) is 5.11 Å². The minimum absolute atomic E-state index is 0. The van der Waals surface area contributed by atoms with Crippen molar-refractivity contribution in [2.24, 2.45) is 4.99 Å². The summed E-state index contributed by atoms with van der Waals surface area (Å²) in [6.45, 7) is 7.89. The van der Waals surface area contributed by atoms with E-state index in [0.717, 1.165) is 25.5 Å². The number of aliphatic hydroxyl groups is 1. The molecule has 0 saturated carbocycles. The van der Waals surface area contributed by atoms with Gasteiger partial charge in [-0.3, -0.25) is 0 Å². The summed E-state index contributed by atoms with van der Waals surface area (Å²) in [5, 5.41) is 16.9. The topological polar surface area (TPSA) is 69.8 Å². The Balaban J connectivity index is 0.00000441. The van der Waals surface area contributed by atoms with E-state index < -0.39 is 5.60 Å². The Morgan fingerprint density at radius 3 is 2.64 bits per heavy atom. The maximum atomic E-state index is 10.4. The Labute approximate surface area is 151 Å². The normalized spacial score (nSPS) is 14.1. The molecule has 1 unspecified atom stereocenters. The molecule has 0 radical (unpaired) electrons. The van der Waals surface area contributed by atoms with E-state index >= 15 is 0 Å². The standard InChI is InChI=1S/C16H29N3O2.HI/c1-4-6-7-8-11-18-15(17-5-2)19-13-16(3,20)14-10-9-12-21-14;/h9-10,12,20H,4-8,11,13H2,1-3H3,(H2,17,18,19);1H. The van der Waals surface area contributed by atoms with Crippen LogP contribution in [0.5, 0.6) is 0 Å². The van der Waals surface area contributed by atoms with Crippen LogP contribution in [0.1, 0.15) is 52.2 Å². The number of nitrogens with zero attached hydrogens (tertiary/aromatic N) is 1. The summed E-state index contributed by atoms with van der Waals surface area (Å²) in [5.41, 5.74) is -1.09. The number of nitrogens with one attached hydrogen (secondary N) is 2. The zero-order valence-electron chi connectivity index (χ0n) is 13.9. The largest absolute Gasteiger partial charge is 0.466 e. The first-order valence-corrected chi connectivity index (χ1v) is 7.88. The van der Waals surface area contributed by atoms with Crippen molar-refractivity contribution < 1.29 is 9.52 Å². The molecule has 0 saturated heterocycles. The van der Waals surface area contributed by atoms with Gasteiger partial charge in [-0.1, -0.05) is 26.2 Å². The first-order chi connectivity index (χ1) is 10.1. The van der Waals surface area contributed by atoms with Gasteiger partial charge < -0.3 is 20.2 Å². The summed E-state index contributed by atoms with van der Waals surface area (Å²) in [7, 11) is 0. The van der Waals surface area contributed by atoms with Gasteiger partial charge in [-0.25, -0.2) is 4.99 Å². The molecule has 22 heavy (non-hydrogen) atoms. The Morgan fingerprint density at radius 1 is 1.27 bits per heavy atom. The second-order valence-corrected chi connectivity index (χ2v) is 5.43. The minimum Gasteiger partial charge on any atom is -0.466 e. The number of rotatable bonds is 9. The Morgan fingerprint density at radius 2 is 2.05 bits per heavy atom. The van der Waals surface area contributed by atoms with Crippen LogP contribution >= 0.6 is 24.0 Å². The Kier molecular flexibility index (Phi) is 11.4. The third-order valence-electron chi connectivity index (χ3n) is 3.26. The van der Waals surface area contributed by atoms with Crippen molar-refractivity contribution >= 4 is 29.9 Å². The van der Waals surface area contributed by atoms with Gasteiger partial charge in [0.05, 0.1) is 12.8 Å². The first-order valence-electron chi connectivity index (χ1n) is 7.88. The van der Waals surface area contributed by atoms with Gasteiger partial charge in [-0.15, -0.1) is 24.0 Å². The molecule has 5 nitrogen and oxygen atoms in total. The summed E-state index contributed by atoms with van der Waals surface area (Å²) in [4.78, 5) is 4.44. The molecular formula is C16H30IN3O2. The van der Waals surface area contributed by atoms with Crippen LogP contribution < -0.4 is 10.6 Å². The summed E-state index contributed by atoms with van der Waals surface area (Å²) < 4.78 is 5.26. The van der Waals surface area contributed by atoms with Gasteiger partial charge in [0, 0.05) is 13.1 Å². The van der Waals surface area contributed by atoms with Gasteiger partial charge in [0.15, 0.2) is 5.96 Å². The fraction of sp³-hybridized carbons (Fsp3) is 0.688. The highest BCUT2D eigenvalue weighted by atomic mass is 127. The van der Waals surface area contributed by atoms with Crippen LogP contribution in [0.4, 0.5) is 0 Å². The number of halogens is 1. The zero-order valence-corrected chi connectivity index (χ0v) is 16.2. The number of unbranched alkanes of at least 4 members (excludes halogenated alkanes) is 3. The number of furan rings is 1. The van der Waals surface area contributed by atoms with Gasteiger partial charge >= 0.3 is 0 Å². The van der Waals surface area contributed by atoms with Crippen molar-refractivity contribution in [3.63, 3.8) is 0 Å². The van der Waals surface area contributed by atoms with Crippen LogP contribution in [0.25, 0.3) is 0 Å². The maximum Gasteiger partial charge on any atom is 0.191 e. The molecular weight excluding hydrogens is 393 g/mol. The summed E-state index contributed by atoms with van der Waals surface area (Å²) in [6, 6.07) is 3.53. The quantitative estimate of drug-likeness (QED) is 0.247. The number of hydrogen-bond donors (Lipinski definition) is 3. The molecule has 1 aromatic rings. The van der Waals surface area contributed by atoms with Crippen molar-refractivity contribution in [1.29, 1.82) is 0 Å². The van der Waals surface area contributed by atoms with E-state index in [-0.39, 0.29) is 30.5 Å². The predicted octanol–water partition coefficient (Wildman–Crippen LogP) is 3.24. The molecule has 0 amide bonds. The van der Waals surface area contributed by atoms with E-state index in [1.165, 1.54) is 19.3 Å². The average Bonchev–Trinajstić information content (AvgIpc) is 2.99. The van der Waals surface area contributed by atoms with Crippen molar-refractivity contribution in [3.05, 3.63) is 24.2 Å². The molecule has 6 heteroatoms. The molecule has 0 spiro atoms. The van der Waals surface area contributed by atoms with Gasteiger partial charge in [-0.2, -0.15) is 0 Å². The fourth-order valence-electron chi connectivity index (χ4n) is 2.00. The summed E-state index contributed by atoms with van der Waals surface area (Å²) in [6.07, 6.45) is 6.42. The van der Waals surface area contributed by atoms with Crippen LogP contribution in [0, 0.1) is 0 Å². The molecule has 3 N–H and O–H groups in total. The monoisotopic (exact) mass is 423 g/mol. The molecule has 0 fully saturated rings. The maximum absolute atomic E-state index is 10.4. The third kappa shape index (κ3) is 8.03. The molecule has 128 valence electrons. The number of guanidine groups is 1. The fourth-order valence-corrected chi connectivity index (χ4v) is 2.00.